The number of rotatable bonds is 4. The fraction of sp³-hybridized carbons (Fsp3) is 0.875. The lowest BCUT2D eigenvalue weighted by molar-refractivity contribution is -0.141. The van der Waals surface area contributed by atoms with Crippen LogP contribution in [0.3, 0.4) is 0 Å². The molecule has 1 saturated carbocycles. The summed E-state index contributed by atoms with van der Waals surface area (Å²) in [5.41, 5.74) is 0. The van der Waals surface area contributed by atoms with Crippen molar-refractivity contribution in [1.29, 1.82) is 0 Å². The fourth-order valence-electron chi connectivity index (χ4n) is 4.30. The van der Waals surface area contributed by atoms with Crippen molar-refractivity contribution >= 4 is 21.9 Å². The summed E-state index contributed by atoms with van der Waals surface area (Å²) >= 11 is 0. The molecule has 3 aliphatic rings. The van der Waals surface area contributed by atoms with Gasteiger partial charge in [-0.15, -0.1) is 0 Å². The lowest BCUT2D eigenvalue weighted by Gasteiger charge is -2.36. The molecule has 7 nitrogen and oxygen atoms in total. The number of carboxylic acids is 1. The highest BCUT2D eigenvalue weighted by molar-refractivity contribution is 7.89. The number of likely N-dealkylation sites (tertiary alicyclic amines) is 1. The molecule has 1 N–H and O–H groups in total. The monoisotopic (exact) mass is 358 g/mol. The number of carbonyl (C=O) groups is 2. The summed E-state index contributed by atoms with van der Waals surface area (Å²) in [6.45, 7) is 1.09. The number of amides is 1. The number of sulfonamides is 1. The van der Waals surface area contributed by atoms with Gasteiger partial charge in [0.15, 0.2) is 0 Å². The van der Waals surface area contributed by atoms with Crippen LogP contribution in [0.2, 0.25) is 0 Å². The summed E-state index contributed by atoms with van der Waals surface area (Å²) in [5.74, 6) is -0.945. The zero-order valence-electron chi connectivity index (χ0n) is 13.9. The molecule has 0 aromatic carbocycles. The van der Waals surface area contributed by atoms with Crippen LogP contribution in [0.1, 0.15) is 51.4 Å². The maximum absolute atomic E-state index is 12.9. The van der Waals surface area contributed by atoms with Crippen LogP contribution in [0.4, 0.5) is 0 Å². The van der Waals surface area contributed by atoms with Gasteiger partial charge in [-0.25, -0.2) is 8.42 Å². The number of piperidine rings is 1. The minimum Gasteiger partial charge on any atom is -0.480 e. The van der Waals surface area contributed by atoms with E-state index in [9.17, 15) is 23.1 Å². The lowest BCUT2D eigenvalue weighted by Crippen LogP contribution is -2.52. The van der Waals surface area contributed by atoms with Crippen LogP contribution < -0.4 is 0 Å². The molecule has 1 amide bonds. The quantitative estimate of drug-likeness (QED) is 0.810. The van der Waals surface area contributed by atoms with Crippen molar-refractivity contribution in [2.75, 3.05) is 19.6 Å². The van der Waals surface area contributed by atoms with Crippen molar-refractivity contribution in [1.82, 2.24) is 9.21 Å². The van der Waals surface area contributed by atoms with E-state index in [-0.39, 0.29) is 24.9 Å². The van der Waals surface area contributed by atoms with Gasteiger partial charge in [0.05, 0.1) is 5.25 Å². The van der Waals surface area contributed by atoms with Crippen LogP contribution in [-0.2, 0) is 19.6 Å². The summed E-state index contributed by atoms with van der Waals surface area (Å²) in [6.07, 6.45) is 6.05. The third-order valence-corrected chi connectivity index (χ3v) is 7.95. The van der Waals surface area contributed by atoms with Crippen molar-refractivity contribution in [2.45, 2.75) is 62.7 Å². The average molecular weight is 358 g/mol. The van der Waals surface area contributed by atoms with Crippen LogP contribution in [0.5, 0.6) is 0 Å². The molecule has 0 bridgehead atoms. The molecule has 2 unspecified atom stereocenters. The molecule has 0 aromatic heterocycles. The fourth-order valence-corrected chi connectivity index (χ4v) is 6.45. The Morgan fingerprint density at radius 2 is 1.58 bits per heavy atom. The van der Waals surface area contributed by atoms with Crippen LogP contribution >= 0.6 is 0 Å². The first-order chi connectivity index (χ1) is 11.4. The van der Waals surface area contributed by atoms with Gasteiger partial charge >= 0.3 is 5.97 Å². The number of hydrogen-bond acceptors (Lipinski definition) is 4. The van der Waals surface area contributed by atoms with Crippen molar-refractivity contribution < 1.29 is 23.1 Å². The summed E-state index contributed by atoms with van der Waals surface area (Å²) in [5, 5.41) is 8.59. The van der Waals surface area contributed by atoms with Crippen molar-refractivity contribution in [3.8, 4) is 0 Å². The Bertz CT molecular complexity index is 600. The van der Waals surface area contributed by atoms with Crippen LogP contribution in [0.15, 0.2) is 0 Å². The predicted molar refractivity (Wildman–Crippen MR) is 87.8 cm³/mol. The van der Waals surface area contributed by atoms with E-state index in [1.54, 1.807) is 4.90 Å². The topological polar surface area (TPSA) is 95.0 Å². The van der Waals surface area contributed by atoms with E-state index in [0.29, 0.717) is 32.2 Å². The molecule has 0 spiro atoms. The highest BCUT2D eigenvalue weighted by atomic mass is 32.2. The van der Waals surface area contributed by atoms with E-state index in [0.717, 1.165) is 30.0 Å². The number of nitrogens with zero attached hydrogens (tertiary/aromatic N) is 2. The first kappa shape index (κ1) is 17.7. The normalized spacial score (nSPS) is 29.9. The lowest BCUT2D eigenvalue weighted by atomic mass is 10.0. The number of aliphatic carboxylic acids is 1. The van der Waals surface area contributed by atoms with Gasteiger partial charge in [0.1, 0.15) is 6.04 Å². The third-order valence-electron chi connectivity index (χ3n) is 5.63. The Labute approximate surface area is 143 Å². The van der Waals surface area contributed by atoms with E-state index < -0.39 is 27.3 Å². The minimum absolute atomic E-state index is 0.0463. The maximum atomic E-state index is 12.9. The molecular formula is C16H26N2O5S. The smallest absolute Gasteiger partial charge is 0.322 e. The molecule has 24 heavy (non-hydrogen) atoms. The molecule has 8 heteroatoms. The number of carboxylic acid groups (broad SMARTS) is 1. The van der Waals surface area contributed by atoms with E-state index >= 15 is 0 Å². The Kier molecular flexibility index (Phi) is 5.15. The molecule has 136 valence electrons. The van der Waals surface area contributed by atoms with Crippen molar-refractivity contribution in [3.05, 3.63) is 0 Å². The van der Waals surface area contributed by atoms with Gasteiger partial charge in [0, 0.05) is 25.6 Å². The zero-order valence-corrected chi connectivity index (χ0v) is 14.7. The predicted octanol–water partition coefficient (Wildman–Crippen LogP) is 1.05. The van der Waals surface area contributed by atoms with E-state index in [1.165, 1.54) is 0 Å². The second-order valence-electron chi connectivity index (χ2n) is 7.18. The summed E-state index contributed by atoms with van der Waals surface area (Å²) in [6, 6.07) is -0.948. The van der Waals surface area contributed by atoms with Gasteiger partial charge in [-0.2, -0.15) is 4.31 Å². The molecule has 2 aliphatic heterocycles. The van der Waals surface area contributed by atoms with Crippen molar-refractivity contribution in [3.63, 3.8) is 0 Å². The first-order valence-corrected chi connectivity index (χ1v) is 10.4. The van der Waals surface area contributed by atoms with Crippen LogP contribution in [-0.4, -0.2) is 65.5 Å². The number of carbonyl (C=O) groups excluding carboxylic acids is 1. The number of hydrogen-bond donors (Lipinski definition) is 1. The van der Waals surface area contributed by atoms with Crippen LogP contribution in [0, 0.1) is 5.92 Å². The maximum Gasteiger partial charge on any atom is 0.322 e. The molecule has 1 aliphatic carbocycles. The van der Waals surface area contributed by atoms with Gasteiger partial charge in [0.2, 0.25) is 15.9 Å². The second kappa shape index (κ2) is 7.00. The SMILES string of the molecule is O=C(O)C1CCCN1S(=O)(=O)C1CCCN(C(=O)C2CCCC2)C1. The molecular weight excluding hydrogens is 332 g/mol. The van der Waals surface area contributed by atoms with E-state index in [2.05, 4.69) is 0 Å². The Balaban J connectivity index is 1.71. The summed E-state index contributed by atoms with van der Waals surface area (Å²) in [7, 11) is -3.69. The Morgan fingerprint density at radius 3 is 2.25 bits per heavy atom. The average Bonchev–Trinajstić information content (AvgIpc) is 3.25. The molecule has 3 fully saturated rings. The van der Waals surface area contributed by atoms with E-state index in [4.69, 9.17) is 0 Å². The summed E-state index contributed by atoms with van der Waals surface area (Å²) in [4.78, 5) is 25.6. The van der Waals surface area contributed by atoms with E-state index in [1.807, 2.05) is 0 Å². The van der Waals surface area contributed by atoms with Gasteiger partial charge in [-0.05, 0) is 38.5 Å². The van der Waals surface area contributed by atoms with Gasteiger partial charge in [-0.3, -0.25) is 9.59 Å². The molecule has 2 heterocycles. The molecule has 0 radical (unpaired) electrons. The highest BCUT2D eigenvalue weighted by Gasteiger charge is 2.44. The Hall–Kier alpha value is -1.15. The zero-order chi connectivity index (χ0) is 17.3. The van der Waals surface area contributed by atoms with Gasteiger partial charge in [0.25, 0.3) is 0 Å². The first-order valence-electron chi connectivity index (χ1n) is 8.93. The third kappa shape index (κ3) is 3.31. The molecule has 3 rings (SSSR count). The molecule has 2 saturated heterocycles. The minimum atomic E-state index is -3.69. The van der Waals surface area contributed by atoms with Crippen molar-refractivity contribution in [2.24, 2.45) is 5.92 Å². The molecule has 2 atom stereocenters. The summed E-state index contributed by atoms with van der Waals surface area (Å²) < 4.78 is 27.0. The highest BCUT2D eigenvalue weighted by Crippen LogP contribution is 2.31. The Morgan fingerprint density at radius 1 is 0.917 bits per heavy atom. The van der Waals surface area contributed by atoms with Crippen LogP contribution in [0.25, 0.3) is 0 Å². The second-order valence-corrected chi connectivity index (χ2v) is 9.35. The standard InChI is InChI=1S/C16H26N2O5S/c19-15(12-5-1-2-6-12)17-9-3-7-13(11-17)24(22,23)18-10-4-8-14(18)16(20)21/h12-14H,1-11H2,(H,20,21). The largest absolute Gasteiger partial charge is 0.480 e. The molecule has 0 aromatic rings. The van der Waals surface area contributed by atoms with Gasteiger partial charge < -0.3 is 10.0 Å². The van der Waals surface area contributed by atoms with Gasteiger partial charge in [-0.1, -0.05) is 12.8 Å².